The lowest BCUT2D eigenvalue weighted by atomic mass is 9.95. The molecule has 1 atom stereocenters. The van der Waals surface area contributed by atoms with Gasteiger partial charge in [-0.2, -0.15) is 0 Å². The Bertz CT molecular complexity index is 666. The molecule has 7 nitrogen and oxygen atoms in total. The van der Waals surface area contributed by atoms with E-state index in [1.807, 2.05) is 24.3 Å². The molecule has 0 saturated carbocycles. The highest BCUT2D eigenvalue weighted by atomic mass is 16.5. The van der Waals surface area contributed by atoms with Gasteiger partial charge >= 0.3 is 0 Å². The van der Waals surface area contributed by atoms with E-state index in [1.54, 1.807) is 12.0 Å². The third kappa shape index (κ3) is 4.33. The number of methoxy groups -OCH3 is 1. The van der Waals surface area contributed by atoms with E-state index in [1.165, 1.54) is 0 Å². The zero-order valence-electron chi connectivity index (χ0n) is 15.0. The van der Waals surface area contributed by atoms with E-state index in [-0.39, 0.29) is 29.7 Å². The molecule has 1 aromatic carbocycles. The van der Waals surface area contributed by atoms with Crippen molar-refractivity contribution in [3.8, 4) is 5.75 Å². The van der Waals surface area contributed by atoms with Crippen LogP contribution in [0, 0.1) is 5.92 Å². The van der Waals surface area contributed by atoms with E-state index in [9.17, 15) is 14.4 Å². The molecule has 1 unspecified atom stereocenters. The second kappa shape index (κ2) is 8.21. The van der Waals surface area contributed by atoms with E-state index in [0.717, 1.165) is 11.3 Å². The van der Waals surface area contributed by atoms with E-state index in [4.69, 9.17) is 4.74 Å². The summed E-state index contributed by atoms with van der Waals surface area (Å²) in [5.74, 6) is 0.664. The molecule has 2 aliphatic rings. The van der Waals surface area contributed by atoms with Crippen LogP contribution in [0.3, 0.4) is 0 Å². The molecule has 2 aliphatic heterocycles. The highest BCUT2D eigenvalue weighted by Gasteiger charge is 2.33. The van der Waals surface area contributed by atoms with Crippen LogP contribution >= 0.6 is 0 Å². The number of nitrogens with one attached hydrogen (secondary N) is 2. The Morgan fingerprint density at radius 2 is 1.88 bits per heavy atom. The Morgan fingerprint density at radius 3 is 2.46 bits per heavy atom. The quantitative estimate of drug-likeness (QED) is 0.815. The third-order valence-corrected chi connectivity index (χ3v) is 5.10. The van der Waals surface area contributed by atoms with Crippen LogP contribution in [0.5, 0.6) is 5.75 Å². The zero-order chi connectivity index (χ0) is 18.5. The fourth-order valence-electron chi connectivity index (χ4n) is 3.46. The molecule has 26 heavy (non-hydrogen) atoms. The standard InChI is InChI=1S/C19H25N3O4/c1-26-15-4-2-13(3-5-15)12-20-18(24)14-8-10-22(11-9-14)19(25)16-6-7-17(23)21-16/h2-5,14,16H,6-12H2,1H3,(H,20,24)(H,21,23). The monoisotopic (exact) mass is 359 g/mol. The van der Waals surface area contributed by atoms with Crippen LogP contribution in [0.2, 0.25) is 0 Å². The molecule has 2 fully saturated rings. The van der Waals surface area contributed by atoms with Gasteiger partial charge in [0.2, 0.25) is 17.7 Å². The molecule has 140 valence electrons. The number of rotatable bonds is 5. The minimum atomic E-state index is -0.386. The van der Waals surface area contributed by atoms with Crippen molar-refractivity contribution in [2.24, 2.45) is 5.92 Å². The van der Waals surface area contributed by atoms with Gasteiger partial charge in [-0.05, 0) is 37.0 Å². The largest absolute Gasteiger partial charge is 0.497 e. The molecule has 2 saturated heterocycles. The van der Waals surface area contributed by atoms with Gasteiger partial charge in [-0.25, -0.2) is 0 Å². The lowest BCUT2D eigenvalue weighted by Crippen LogP contribution is -2.49. The SMILES string of the molecule is COc1ccc(CNC(=O)C2CCN(C(=O)C3CCC(=O)N3)CC2)cc1. The number of benzene rings is 1. The molecule has 0 bridgehead atoms. The van der Waals surface area contributed by atoms with Crippen molar-refractivity contribution in [2.45, 2.75) is 38.3 Å². The van der Waals surface area contributed by atoms with Gasteiger partial charge in [0.25, 0.3) is 0 Å². The summed E-state index contributed by atoms with van der Waals surface area (Å²) in [5, 5.41) is 5.68. The first-order chi connectivity index (χ1) is 12.6. The summed E-state index contributed by atoms with van der Waals surface area (Å²) < 4.78 is 5.12. The molecular weight excluding hydrogens is 334 g/mol. The normalized spacial score (nSPS) is 20.6. The number of hydrogen-bond acceptors (Lipinski definition) is 4. The summed E-state index contributed by atoms with van der Waals surface area (Å²) in [6.45, 7) is 1.60. The average Bonchev–Trinajstić information content (AvgIpc) is 3.12. The van der Waals surface area contributed by atoms with Crippen molar-refractivity contribution >= 4 is 17.7 Å². The summed E-state index contributed by atoms with van der Waals surface area (Å²) in [7, 11) is 1.62. The molecule has 0 spiro atoms. The van der Waals surface area contributed by atoms with Crippen molar-refractivity contribution in [3.05, 3.63) is 29.8 Å². The number of carbonyl (C=O) groups is 3. The predicted octanol–water partition coefficient (Wildman–Crippen LogP) is 0.829. The Morgan fingerprint density at radius 1 is 1.19 bits per heavy atom. The molecule has 1 aromatic rings. The predicted molar refractivity (Wildman–Crippen MR) is 95.3 cm³/mol. The van der Waals surface area contributed by atoms with Crippen LogP contribution < -0.4 is 15.4 Å². The summed E-state index contributed by atoms with van der Waals surface area (Å²) >= 11 is 0. The van der Waals surface area contributed by atoms with Gasteiger partial charge in [0.15, 0.2) is 0 Å². The minimum Gasteiger partial charge on any atom is -0.497 e. The van der Waals surface area contributed by atoms with Gasteiger partial charge < -0.3 is 20.3 Å². The highest BCUT2D eigenvalue weighted by Crippen LogP contribution is 2.20. The van der Waals surface area contributed by atoms with Crippen molar-refractivity contribution in [3.63, 3.8) is 0 Å². The van der Waals surface area contributed by atoms with Gasteiger partial charge in [0, 0.05) is 32.0 Å². The molecular formula is C19H25N3O4. The Labute approximate surface area is 153 Å². The Kier molecular flexibility index (Phi) is 5.75. The maximum atomic E-state index is 12.4. The van der Waals surface area contributed by atoms with Crippen LogP contribution in [0.25, 0.3) is 0 Å². The van der Waals surface area contributed by atoms with Crippen LogP contribution in [-0.2, 0) is 20.9 Å². The number of nitrogens with zero attached hydrogens (tertiary/aromatic N) is 1. The van der Waals surface area contributed by atoms with E-state index in [0.29, 0.717) is 45.3 Å². The van der Waals surface area contributed by atoms with Gasteiger partial charge in [-0.3, -0.25) is 14.4 Å². The number of ether oxygens (including phenoxy) is 1. The molecule has 3 rings (SSSR count). The van der Waals surface area contributed by atoms with E-state index in [2.05, 4.69) is 10.6 Å². The Balaban J connectivity index is 1.43. The lowest BCUT2D eigenvalue weighted by Gasteiger charge is -2.32. The number of amides is 3. The second-order valence-corrected chi connectivity index (χ2v) is 6.82. The van der Waals surface area contributed by atoms with Gasteiger partial charge in [-0.15, -0.1) is 0 Å². The number of likely N-dealkylation sites (tertiary alicyclic amines) is 1. The minimum absolute atomic E-state index is 0.0204. The first-order valence-corrected chi connectivity index (χ1v) is 9.05. The first kappa shape index (κ1) is 18.2. The smallest absolute Gasteiger partial charge is 0.245 e. The maximum absolute atomic E-state index is 12.4. The molecule has 0 radical (unpaired) electrons. The van der Waals surface area contributed by atoms with E-state index < -0.39 is 0 Å². The van der Waals surface area contributed by atoms with Crippen molar-refractivity contribution in [2.75, 3.05) is 20.2 Å². The fourth-order valence-corrected chi connectivity index (χ4v) is 3.46. The number of hydrogen-bond donors (Lipinski definition) is 2. The summed E-state index contributed by atoms with van der Waals surface area (Å²) in [6.07, 6.45) is 2.29. The maximum Gasteiger partial charge on any atom is 0.245 e. The van der Waals surface area contributed by atoms with E-state index >= 15 is 0 Å². The van der Waals surface area contributed by atoms with Crippen LogP contribution in [0.4, 0.5) is 0 Å². The van der Waals surface area contributed by atoms with Gasteiger partial charge in [0.1, 0.15) is 11.8 Å². The Hall–Kier alpha value is -2.57. The molecule has 2 heterocycles. The average molecular weight is 359 g/mol. The van der Waals surface area contributed by atoms with Crippen molar-refractivity contribution in [1.29, 1.82) is 0 Å². The van der Waals surface area contributed by atoms with Gasteiger partial charge in [-0.1, -0.05) is 12.1 Å². The first-order valence-electron chi connectivity index (χ1n) is 9.05. The topological polar surface area (TPSA) is 87.7 Å². The number of piperidine rings is 1. The fraction of sp³-hybridized carbons (Fsp3) is 0.526. The summed E-state index contributed by atoms with van der Waals surface area (Å²) in [5.41, 5.74) is 1.02. The lowest BCUT2D eigenvalue weighted by molar-refractivity contribution is -0.137. The van der Waals surface area contributed by atoms with Crippen LogP contribution in [0.1, 0.15) is 31.2 Å². The summed E-state index contributed by atoms with van der Waals surface area (Å²) in [6, 6.07) is 7.20. The zero-order valence-corrected chi connectivity index (χ0v) is 15.0. The van der Waals surface area contributed by atoms with Crippen LogP contribution in [0.15, 0.2) is 24.3 Å². The summed E-state index contributed by atoms with van der Waals surface area (Å²) in [4.78, 5) is 37.8. The second-order valence-electron chi connectivity index (χ2n) is 6.82. The molecule has 3 amide bonds. The van der Waals surface area contributed by atoms with Crippen molar-refractivity contribution in [1.82, 2.24) is 15.5 Å². The molecule has 7 heteroatoms. The number of carbonyl (C=O) groups excluding carboxylic acids is 3. The highest BCUT2D eigenvalue weighted by molar-refractivity contribution is 5.91. The van der Waals surface area contributed by atoms with Gasteiger partial charge in [0.05, 0.1) is 7.11 Å². The van der Waals surface area contributed by atoms with Crippen LogP contribution in [-0.4, -0.2) is 48.9 Å². The third-order valence-electron chi connectivity index (χ3n) is 5.10. The molecule has 0 aliphatic carbocycles. The molecule has 0 aromatic heterocycles. The van der Waals surface area contributed by atoms with Crippen molar-refractivity contribution < 1.29 is 19.1 Å². The molecule has 2 N–H and O–H groups in total.